The molecule has 2 aromatic rings. The number of amides is 2. The summed E-state index contributed by atoms with van der Waals surface area (Å²) in [4.78, 5) is 25.1. The van der Waals surface area contributed by atoms with Gasteiger partial charge < -0.3 is 10.6 Å². The summed E-state index contributed by atoms with van der Waals surface area (Å²) >= 11 is 13.1. The van der Waals surface area contributed by atoms with E-state index in [-0.39, 0.29) is 22.7 Å². The van der Waals surface area contributed by atoms with Crippen LogP contribution >= 0.6 is 35.0 Å². The minimum atomic E-state index is -4.66. The van der Waals surface area contributed by atoms with Gasteiger partial charge in [-0.1, -0.05) is 35.3 Å². The highest BCUT2D eigenvalue weighted by Gasteiger charge is 2.33. The maximum absolute atomic E-state index is 13.0. The number of nitrogens with one attached hydrogen (secondary N) is 2. The number of rotatable bonds is 7. The normalized spacial score (nSPS) is 12.3. The van der Waals surface area contributed by atoms with Crippen molar-refractivity contribution in [2.24, 2.45) is 0 Å². The first-order valence-electron chi connectivity index (χ1n) is 8.35. The van der Waals surface area contributed by atoms with E-state index in [1.54, 1.807) is 18.2 Å². The Morgan fingerprint density at radius 3 is 2.41 bits per heavy atom. The van der Waals surface area contributed by atoms with Gasteiger partial charge in [-0.3, -0.25) is 9.59 Å². The van der Waals surface area contributed by atoms with Crippen molar-refractivity contribution in [1.82, 2.24) is 5.32 Å². The molecule has 29 heavy (non-hydrogen) atoms. The second kappa shape index (κ2) is 10.2. The predicted octanol–water partition coefficient (Wildman–Crippen LogP) is 5.50. The number of alkyl halides is 3. The number of carbonyl (C=O) groups is 2. The van der Waals surface area contributed by atoms with E-state index >= 15 is 0 Å². The summed E-state index contributed by atoms with van der Waals surface area (Å²) in [6.45, 7) is 0. The monoisotopic (exact) mass is 464 g/mol. The first-order chi connectivity index (χ1) is 13.6. The third-order valence-corrected chi connectivity index (χ3v) is 5.19. The van der Waals surface area contributed by atoms with Crippen molar-refractivity contribution in [3.63, 3.8) is 0 Å². The van der Waals surface area contributed by atoms with Crippen LogP contribution in [0.1, 0.15) is 22.3 Å². The molecule has 0 aliphatic rings. The van der Waals surface area contributed by atoms with E-state index in [0.717, 1.165) is 12.1 Å². The summed E-state index contributed by atoms with van der Waals surface area (Å²) in [7, 11) is 0. The maximum atomic E-state index is 13.0. The third kappa shape index (κ3) is 6.55. The molecule has 0 saturated heterocycles. The molecule has 2 amide bonds. The van der Waals surface area contributed by atoms with Gasteiger partial charge in [-0.2, -0.15) is 24.9 Å². The van der Waals surface area contributed by atoms with Crippen molar-refractivity contribution in [2.75, 3.05) is 17.3 Å². The Hall–Kier alpha value is -1.90. The molecule has 0 aliphatic carbocycles. The summed E-state index contributed by atoms with van der Waals surface area (Å²) in [5, 5.41) is 4.75. The molecule has 2 rings (SSSR count). The summed E-state index contributed by atoms with van der Waals surface area (Å²) < 4.78 is 39.1. The highest BCUT2D eigenvalue weighted by atomic mass is 35.5. The molecule has 156 valence electrons. The van der Waals surface area contributed by atoms with Gasteiger partial charge in [-0.15, -0.1) is 0 Å². The number of carbonyl (C=O) groups excluding carboxylic acids is 2. The van der Waals surface area contributed by atoms with Crippen LogP contribution in [0.25, 0.3) is 0 Å². The van der Waals surface area contributed by atoms with Gasteiger partial charge >= 0.3 is 6.18 Å². The van der Waals surface area contributed by atoms with Gasteiger partial charge in [0.2, 0.25) is 5.91 Å². The lowest BCUT2D eigenvalue weighted by Crippen LogP contribution is -2.44. The largest absolute Gasteiger partial charge is 0.417 e. The second-order valence-electron chi connectivity index (χ2n) is 5.97. The summed E-state index contributed by atoms with van der Waals surface area (Å²) in [6.07, 6.45) is -2.54. The van der Waals surface area contributed by atoms with E-state index in [4.69, 9.17) is 23.2 Å². The molecule has 0 aromatic heterocycles. The molecule has 10 heteroatoms. The molecule has 0 saturated carbocycles. The lowest BCUT2D eigenvalue weighted by atomic mass is 10.1. The Morgan fingerprint density at radius 2 is 1.79 bits per heavy atom. The molecule has 2 N–H and O–H groups in total. The van der Waals surface area contributed by atoms with Crippen LogP contribution in [0.5, 0.6) is 0 Å². The Labute approximate surface area is 180 Å². The van der Waals surface area contributed by atoms with Crippen LogP contribution in [0.15, 0.2) is 42.5 Å². The molecule has 0 fully saturated rings. The molecular weight excluding hydrogens is 448 g/mol. The van der Waals surface area contributed by atoms with E-state index in [1.165, 1.54) is 23.9 Å². The van der Waals surface area contributed by atoms with Gasteiger partial charge in [0.05, 0.1) is 21.2 Å². The molecule has 0 heterocycles. The van der Waals surface area contributed by atoms with Crippen LogP contribution in [0.2, 0.25) is 10.0 Å². The van der Waals surface area contributed by atoms with Crippen molar-refractivity contribution in [3.05, 3.63) is 63.6 Å². The smallest absolute Gasteiger partial charge is 0.340 e. The highest BCUT2D eigenvalue weighted by Crippen LogP contribution is 2.36. The lowest BCUT2D eigenvalue weighted by molar-refractivity contribution is -0.137. The van der Waals surface area contributed by atoms with Crippen molar-refractivity contribution < 1.29 is 22.8 Å². The third-order valence-electron chi connectivity index (χ3n) is 3.89. The average Bonchev–Trinajstić information content (AvgIpc) is 2.65. The van der Waals surface area contributed by atoms with Crippen molar-refractivity contribution in [3.8, 4) is 0 Å². The molecule has 0 radical (unpaired) electrons. The molecule has 2 aromatic carbocycles. The SMILES string of the molecule is CSCC[C@H](NC(=O)c1ccccc1Cl)C(=O)Nc1ccc(Cl)c(C(F)(F)F)c1. The molecule has 0 aliphatic heterocycles. The van der Waals surface area contributed by atoms with Crippen molar-refractivity contribution in [2.45, 2.75) is 18.6 Å². The van der Waals surface area contributed by atoms with Crippen molar-refractivity contribution >= 4 is 52.5 Å². The molecule has 0 spiro atoms. The fraction of sp³-hybridized carbons (Fsp3) is 0.263. The topological polar surface area (TPSA) is 58.2 Å². The first-order valence-corrected chi connectivity index (χ1v) is 10.5. The van der Waals surface area contributed by atoms with Gasteiger partial charge in [0.25, 0.3) is 5.91 Å². The van der Waals surface area contributed by atoms with Crippen molar-refractivity contribution in [1.29, 1.82) is 0 Å². The van der Waals surface area contributed by atoms with Gasteiger partial charge in [0.15, 0.2) is 0 Å². The number of halogens is 5. The van der Waals surface area contributed by atoms with Gasteiger partial charge in [-0.05, 0) is 48.8 Å². The van der Waals surface area contributed by atoms with Crippen LogP contribution in [0.4, 0.5) is 18.9 Å². The first kappa shape index (κ1) is 23.4. The van der Waals surface area contributed by atoms with E-state index in [9.17, 15) is 22.8 Å². The van der Waals surface area contributed by atoms with E-state index < -0.39 is 34.6 Å². The Kier molecular flexibility index (Phi) is 8.24. The summed E-state index contributed by atoms with van der Waals surface area (Å²) in [5.41, 5.74) is -0.937. The van der Waals surface area contributed by atoms with Gasteiger partial charge in [0, 0.05) is 5.69 Å². The predicted molar refractivity (Wildman–Crippen MR) is 111 cm³/mol. The second-order valence-corrected chi connectivity index (χ2v) is 7.77. The van der Waals surface area contributed by atoms with E-state index in [1.807, 2.05) is 6.26 Å². The van der Waals surface area contributed by atoms with Crippen LogP contribution < -0.4 is 10.6 Å². The average molecular weight is 465 g/mol. The minimum Gasteiger partial charge on any atom is -0.340 e. The molecule has 1 atom stereocenters. The number of benzene rings is 2. The van der Waals surface area contributed by atoms with Gasteiger partial charge in [-0.25, -0.2) is 0 Å². The fourth-order valence-corrected chi connectivity index (χ4v) is 3.35. The molecule has 4 nitrogen and oxygen atoms in total. The van der Waals surface area contributed by atoms with E-state index in [2.05, 4.69) is 10.6 Å². The fourth-order valence-electron chi connectivity index (χ4n) is 2.44. The zero-order valence-corrected chi connectivity index (χ0v) is 17.5. The number of anilines is 1. The molecule has 0 bridgehead atoms. The van der Waals surface area contributed by atoms with Crippen LogP contribution in [0.3, 0.4) is 0 Å². The highest BCUT2D eigenvalue weighted by molar-refractivity contribution is 7.98. The Balaban J connectivity index is 2.19. The quantitative estimate of drug-likeness (QED) is 0.568. The molecule has 0 unspecified atom stereocenters. The number of hydrogen-bond donors (Lipinski definition) is 2. The lowest BCUT2D eigenvalue weighted by Gasteiger charge is -2.19. The Morgan fingerprint density at radius 1 is 1.10 bits per heavy atom. The summed E-state index contributed by atoms with van der Waals surface area (Å²) in [6, 6.07) is 8.45. The summed E-state index contributed by atoms with van der Waals surface area (Å²) in [5.74, 6) is -0.645. The zero-order chi connectivity index (χ0) is 21.6. The van der Waals surface area contributed by atoms with Gasteiger partial charge in [0.1, 0.15) is 6.04 Å². The molecular formula is C19H17Cl2F3N2O2S. The van der Waals surface area contributed by atoms with Crippen LogP contribution in [-0.2, 0) is 11.0 Å². The Bertz CT molecular complexity index is 894. The number of hydrogen-bond acceptors (Lipinski definition) is 3. The van der Waals surface area contributed by atoms with Crippen LogP contribution in [0, 0.1) is 0 Å². The standard InChI is InChI=1S/C19H17Cl2F3N2O2S/c1-29-9-8-16(26-17(27)12-4-2-3-5-14(12)20)18(28)25-11-6-7-15(21)13(10-11)19(22,23)24/h2-7,10,16H,8-9H2,1H3,(H,25,28)(H,26,27)/t16-/m0/s1. The number of thioether (sulfide) groups is 1. The van der Waals surface area contributed by atoms with E-state index in [0.29, 0.717) is 5.75 Å². The maximum Gasteiger partial charge on any atom is 0.417 e. The zero-order valence-electron chi connectivity index (χ0n) is 15.1. The minimum absolute atomic E-state index is 0.0760. The van der Waals surface area contributed by atoms with Crippen LogP contribution in [-0.4, -0.2) is 29.9 Å².